The Labute approximate surface area is 151 Å². The van der Waals surface area contributed by atoms with Crippen LogP contribution in [0.5, 0.6) is 0 Å². The van der Waals surface area contributed by atoms with Crippen molar-refractivity contribution in [3.8, 4) is 0 Å². The fraction of sp³-hybridized carbons (Fsp3) is 0.100. The van der Waals surface area contributed by atoms with Crippen LogP contribution >= 0.6 is 0 Å². The number of amides is 2. The van der Waals surface area contributed by atoms with Crippen LogP contribution < -0.4 is 10.6 Å². The highest BCUT2D eigenvalue weighted by molar-refractivity contribution is 6.04. The maximum Gasteiger partial charge on any atom is 0.255 e. The Hall–Kier alpha value is -3.54. The van der Waals surface area contributed by atoms with Gasteiger partial charge in [-0.05, 0) is 42.8 Å². The molecule has 2 aromatic carbocycles. The Bertz CT molecular complexity index is 926. The SMILES string of the molecule is Cc1nnccc1C(=O)NCc1cccc(C(=O)Nc2ccccc2)c1. The first-order valence-electron chi connectivity index (χ1n) is 8.15. The van der Waals surface area contributed by atoms with Crippen molar-refractivity contribution in [2.24, 2.45) is 0 Å². The Morgan fingerprint density at radius 2 is 1.77 bits per heavy atom. The van der Waals surface area contributed by atoms with E-state index < -0.39 is 0 Å². The molecule has 0 saturated carbocycles. The summed E-state index contributed by atoms with van der Waals surface area (Å²) >= 11 is 0. The lowest BCUT2D eigenvalue weighted by Crippen LogP contribution is -2.24. The summed E-state index contributed by atoms with van der Waals surface area (Å²) in [5.41, 5.74) is 3.15. The van der Waals surface area contributed by atoms with Gasteiger partial charge in [-0.25, -0.2) is 0 Å². The number of aromatic nitrogens is 2. The minimum absolute atomic E-state index is 0.196. The maximum atomic E-state index is 12.4. The molecule has 0 bridgehead atoms. The van der Waals surface area contributed by atoms with Crippen molar-refractivity contribution in [1.29, 1.82) is 0 Å². The predicted molar refractivity (Wildman–Crippen MR) is 98.8 cm³/mol. The molecular weight excluding hydrogens is 328 g/mol. The fourth-order valence-electron chi connectivity index (χ4n) is 2.47. The second kappa shape index (κ2) is 8.02. The van der Waals surface area contributed by atoms with E-state index in [0.29, 0.717) is 23.4 Å². The normalized spacial score (nSPS) is 10.2. The van der Waals surface area contributed by atoms with E-state index in [2.05, 4.69) is 20.8 Å². The molecule has 0 atom stereocenters. The average molecular weight is 346 g/mol. The number of hydrogen-bond donors (Lipinski definition) is 2. The minimum atomic E-state index is -0.225. The Morgan fingerprint density at radius 3 is 2.54 bits per heavy atom. The molecule has 3 aromatic rings. The first-order chi connectivity index (χ1) is 12.6. The zero-order chi connectivity index (χ0) is 18.4. The molecule has 130 valence electrons. The zero-order valence-electron chi connectivity index (χ0n) is 14.3. The summed E-state index contributed by atoms with van der Waals surface area (Å²) in [6, 6.07) is 18.0. The van der Waals surface area contributed by atoms with Crippen molar-refractivity contribution in [1.82, 2.24) is 15.5 Å². The molecule has 2 amide bonds. The van der Waals surface area contributed by atoms with Crippen LogP contribution in [-0.2, 0) is 6.54 Å². The lowest BCUT2D eigenvalue weighted by molar-refractivity contribution is 0.0949. The van der Waals surface area contributed by atoms with Gasteiger partial charge >= 0.3 is 0 Å². The second-order valence-corrected chi connectivity index (χ2v) is 5.73. The number of carbonyl (C=O) groups is 2. The highest BCUT2D eigenvalue weighted by Gasteiger charge is 2.10. The number of nitrogens with one attached hydrogen (secondary N) is 2. The van der Waals surface area contributed by atoms with Crippen LogP contribution in [0.4, 0.5) is 5.69 Å². The van der Waals surface area contributed by atoms with Gasteiger partial charge in [-0.1, -0.05) is 30.3 Å². The van der Waals surface area contributed by atoms with Crippen molar-refractivity contribution in [2.75, 3.05) is 5.32 Å². The molecule has 6 heteroatoms. The zero-order valence-corrected chi connectivity index (χ0v) is 14.3. The summed E-state index contributed by atoms with van der Waals surface area (Å²) < 4.78 is 0. The third-order valence-corrected chi connectivity index (χ3v) is 3.82. The quantitative estimate of drug-likeness (QED) is 0.744. The summed E-state index contributed by atoms with van der Waals surface area (Å²) in [7, 11) is 0. The number of para-hydroxylation sites is 1. The lowest BCUT2D eigenvalue weighted by Gasteiger charge is -2.09. The molecular formula is C20H18N4O2. The monoisotopic (exact) mass is 346 g/mol. The third kappa shape index (κ3) is 4.30. The van der Waals surface area contributed by atoms with Crippen LogP contribution in [-0.4, -0.2) is 22.0 Å². The summed E-state index contributed by atoms with van der Waals surface area (Å²) in [6.45, 7) is 2.05. The van der Waals surface area contributed by atoms with E-state index in [4.69, 9.17) is 0 Å². The van der Waals surface area contributed by atoms with Crippen LogP contribution in [0.1, 0.15) is 32.0 Å². The number of rotatable bonds is 5. The molecule has 1 aromatic heterocycles. The fourth-order valence-corrected chi connectivity index (χ4v) is 2.47. The van der Waals surface area contributed by atoms with Gasteiger partial charge in [0.1, 0.15) is 0 Å². The predicted octanol–water partition coefficient (Wildman–Crippen LogP) is 2.97. The molecule has 0 aliphatic rings. The van der Waals surface area contributed by atoms with E-state index in [1.54, 1.807) is 31.2 Å². The number of anilines is 1. The van der Waals surface area contributed by atoms with Gasteiger partial charge in [-0.3, -0.25) is 9.59 Å². The molecule has 2 N–H and O–H groups in total. The van der Waals surface area contributed by atoms with Crippen LogP contribution in [0.2, 0.25) is 0 Å². The van der Waals surface area contributed by atoms with Gasteiger partial charge in [0.2, 0.25) is 0 Å². The molecule has 26 heavy (non-hydrogen) atoms. The first-order valence-corrected chi connectivity index (χ1v) is 8.15. The number of aryl methyl sites for hydroxylation is 1. The van der Waals surface area contributed by atoms with E-state index in [0.717, 1.165) is 11.3 Å². The first kappa shape index (κ1) is 17.3. The Morgan fingerprint density at radius 1 is 0.962 bits per heavy atom. The Kier molecular flexibility index (Phi) is 5.34. The Balaban J connectivity index is 1.65. The molecule has 0 aliphatic carbocycles. The van der Waals surface area contributed by atoms with E-state index in [9.17, 15) is 9.59 Å². The van der Waals surface area contributed by atoms with E-state index >= 15 is 0 Å². The third-order valence-electron chi connectivity index (χ3n) is 3.82. The van der Waals surface area contributed by atoms with Gasteiger partial charge in [-0.2, -0.15) is 10.2 Å². The topological polar surface area (TPSA) is 84.0 Å². The standard InChI is InChI=1S/C20H18N4O2/c1-14-18(10-11-22-24-14)20(26)21-13-15-6-5-7-16(12-15)19(25)23-17-8-3-2-4-9-17/h2-12H,13H2,1H3,(H,21,26)(H,23,25). The van der Waals surface area contributed by atoms with Gasteiger partial charge in [0.15, 0.2) is 0 Å². The highest BCUT2D eigenvalue weighted by Crippen LogP contribution is 2.11. The van der Waals surface area contributed by atoms with Crippen LogP contribution in [0.25, 0.3) is 0 Å². The largest absolute Gasteiger partial charge is 0.348 e. The van der Waals surface area contributed by atoms with Gasteiger partial charge in [0.25, 0.3) is 11.8 Å². The summed E-state index contributed by atoms with van der Waals surface area (Å²) in [5, 5.41) is 13.3. The summed E-state index contributed by atoms with van der Waals surface area (Å²) in [4.78, 5) is 24.6. The van der Waals surface area contributed by atoms with E-state index in [1.807, 2.05) is 36.4 Å². The molecule has 0 unspecified atom stereocenters. The van der Waals surface area contributed by atoms with Crippen molar-refractivity contribution >= 4 is 17.5 Å². The number of nitrogens with zero attached hydrogens (tertiary/aromatic N) is 2. The van der Waals surface area contributed by atoms with Crippen molar-refractivity contribution in [3.63, 3.8) is 0 Å². The molecule has 6 nitrogen and oxygen atoms in total. The van der Waals surface area contributed by atoms with Crippen molar-refractivity contribution < 1.29 is 9.59 Å². The van der Waals surface area contributed by atoms with Crippen LogP contribution in [0.15, 0.2) is 66.9 Å². The van der Waals surface area contributed by atoms with Crippen molar-refractivity contribution in [2.45, 2.75) is 13.5 Å². The average Bonchev–Trinajstić information content (AvgIpc) is 2.67. The number of carbonyl (C=O) groups excluding carboxylic acids is 2. The molecule has 0 saturated heterocycles. The van der Waals surface area contributed by atoms with Gasteiger partial charge < -0.3 is 10.6 Å². The van der Waals surface area contributed by atoms with E-state index in [1.165, 1.54) is 6.20 Å². The van der Waals surface area contributed by atoms with Crippen LogP contribution in [0, 0.1) is 6.92 Å². The minimum Gasteiger partial charge on any atom is -0.348 e. The molecule has 0 spiro atoms. The van der Waals surface area contributed by atoms with Gasteiger partial charge in [0.05, 0.1) is 17.5 Å². The summed E-state index contributed by atoms with van der Waals surface area (Å²) in [5.74, 6) is -0.421. The molecule has 0 aliphatic heterocycles. The highest BCUT2D eigenvalue weighted by atomic mass is 16.2. The lowest BCUT2D eigenvalue weighted by atomic mass is 10.1. The molecule has 1 heterocycles. The van der Waals surface area contributed by atoms with Gasteiger partial charge in [0, 0.05) is 17.8 Å². The molecule has 0 fully saturated rings. The smallest absolute Gasteiger partial charge is 0.255 e. The van der Waals surface area contributed by atoms with Gasteiger partial charge in [-0.15, -0.1) is 0 Å². The number of hydrogen-bond acceptors (Lipinski definition) is 4. The second-order valence-electron chi connectivity index (χ2n) is 5.73. The maximum absolute atomic E-state index is 12.4. The number of benzene rings is 2. The summed E-state index contributed by atoms with van der Waals surface area (Å²) in [6.07, 6.45) is 1.48. The van der Waals surface area contributed by atoms with E-state index in [-0.39, 0.29) is 11.8 Å². The molecule has 0 radical (unpaired) electrons. The van der Waals surface area contributed by atoms with Crippen LogP contribution in [0.3, 0.4) is 0 Å². The molecule has 3 rings (SSSR count). The van der Waals surface area contributed by atoms with Crippen molar-refractivity contribution in [3.05, 3.63) is 89.2 Å².